The zero-order valence-electron chi connectivity index (χ0n) is 17.1. The lowest BCUT2D eigenvalue weighted by Crippen LogP contribution is -2.55. The van der Waals surface area contributed by atoms with Gasteiger partial charge in [-0.15, -0.1) is 0 Å². The molecule has 29 heavy (non-hydrogen) atoms. The highest BCUT2D eigenvalue weighted by Gasteiger charge is 2.30. The van der Waals surface area contributed by atoms with E-state index in [-0.39, 0.29) is 18.2 Å². The van der Waals surface area contributed by atoms with Crippen LogP contribution in [0.3, 0.4) is 0 Å². The first-order valence-corrected chi connectivity index (χ1v) is 9.45. The highest BCUT2D eigenvalue weighted by atomic mass is 16.4. The standard InChI is InChI=1S/C20H29BN4O4/c1-5-11-23-18(22-4)20(27)24-16(13-15-9-7-6-8-10-15)19(26)25-17(21(28)29)12-14(2)3/h5-11,14,16-17,28-29H,4,12-13H2,1-3H3,(H,24,27)(H,25,26). The molecule has 1 rings (SSSR count). The summed E-state index contributed by atoms with van der Waals surface area (Å²) < 4.78 is 0. The monoisotopic (exact) mass is 400 g/mol. The lowest BCUT2D eigenvalue weighted by molar-refractivity contribution is -0.126. The van der Waals surface area contributed by atoms with E-state index in [4.69, 9.17) is 0 Å². The van der Waals surface area contributed by atoms with Gasteiger partial charge in [0.15, 0.2) is 0 Å². The number of hydrogen-bond donors (Lipinski definition) is 4. The molecule has 0 heterocycles. The van der Waals surface area contributed by atoms with Crippen LogP contribution in [0.2, 0.25) is 0 Å². The van der Waals surface area contributed by atoms with Crippen molar-refractivity contribution in [3.8, 4) is 0 Å². The molecular formula is C20H29BN4O4. The van der Waals surface area contributed by atoms with Crippen molar-refractivity contribution in [2.45, 2.75) is 45.6 Å². The first kappa shape index (κ1) is 24.3. The van der Waals surface area contributed by atoms with Crippen molar-refractivity contribution in [3.05, 3.63) is 48.2 Å². The number of carbonyl (C=O) groups is 2. The van der Waals surface area contributed by atoms with Gasteiger partial charge in [-0.3, -0.25) is 9.59 Å². The van der Waals surface area contributed by atoms with E-state index >= 15 is 0 Å². The summed E-state index contributed by atoms with van der Waals surface area (Å²) in [5.41, 5.74) is 0.830. The second-order valence-electron chi connectivity index (χ2n) is 6.97. The van der Waals surface area contributed by atoms with Crippen molar-refractivity contribution in [1.82, 2.24) is 10.6 Å². The van der Waals surface area contributed by atoms with Crippen LogP contribution in [0, 0.1) is 5.92 Å². The number of carbonyl (C=O) groups excluding carboxylic acids is 2. The predicted molar refractivity (Wildman–Crippen MR) is 115 cm³/mol. The summed E-state index contributed by atoms with van der Waals surface area (Å²) in [6.07, 6.45) is 3.61. The van der Waals surface area contributed by atoms with E-state index in [1.807, 2.05) is 44.2 Å². The zero-order valence-corrected chi connectivity index (χ0v) is 17.1. The number of amides is 2. The maximum absolute atomic E-state index is 12.9. The molecule has 0 aliphatic rings. The summed E-state index contributed by atoms with van der Waals surface area (Å²) >= 11 is 0. The maximum Gasteiger partial charge on any atom is 0.475 e. The minimum atomic E-state index is -1.71. The van der Waals surface area contributed by atoms with Crippen molar-refractivity contribution in [3.63, 3.8) is 0 Å². The first-order valence-electron chi connectivity index (χ1n) is 9.45. The van der Waals surface area contributed by atoms with Crippen molar-refractivity contribution in [1.29, 1.82) is 0 Å². The predicted octanol–water partition coefficient (Wildman–Crippen LogP) is 0.889. The van der Waals surface area contributed by atoms with Gasteiger partial charge in [0.25, 0.3) is 5.91 Å². The normalized spacial score (nSPS) is 13.8. The Morgan fingerprint density at radius 1 is 1.21 bits per heavy atom. The highest BCUT2D eigenvalue weighted by Crippen LogP contribution is 2.08. The van der Waals surface area contributed by atoms with Gasteiger partial charge >= 0.3 is 7.12 Å². The van der Waals surface area contributed by atoms with Crippen LogP contribution >= 0.6 is 0 Å². The quantitative estimate of drug-likeness (QED) is 0.279. The van der Waals surface area contributed by atoms with Crippen LogP contribution in [0.15, 0.2) is 52.6 Å². The molecule has 0 saturated heterocycles. The molecule has 0 spiro atoms. The van der Waals surface area contributed by atoms with Gasteiger partial charge in [-0.05, 0) is 31.5 Å². The third-order valence-electron chi connectivity index (χ3n) is 4.02. The minimum absolute atomic E-state index is 0.133. The van der Waals surface area contributed by atoms with Gasteiger partial charge in [0, 0.05) is 12.6 Å². The molecule has 1 aromatic carbocycles. The van der Waals surface area contributed by atoms with E-state index in [1.165, 1.54) is 6.20 Å². The molecule has 0 saturated carbocycles. The third-order valence-corrected chi connectivity index (χ3v) is 4.02. The van der Waals surface area contributed by atoms with E-state index in [9.17, 15) is 19.6 Å². The molecule has 2 atom stereocenters. The largest absolute Gasteiger partial charge is 0.475 e. The lowest BCUT2D eigenvalue weighted by atomic mass is 9.75. The molecule has 2 amide bonds. The molecule has 0 bridgehead atoms. The summed E-state index contributed by atoms with van der Waals surface area (Å²) in [6.45, 7) is 8.89. The van der Waals surface area contributed by atoms with Crippen LogP contribution in [0.25, 0.3) is 0 Å². The van der Waals surface area contributed by atoms with Crippen LogP contribution in [0.1, 0.15) is 32.8 Å². The summed E-state index contributed by atoms with van der Waals surface area (Å²) in [4.78, 5) is 32.8. The van der Waals surface area contributed by atoms with E-state index < -0.39 is 30.9 Å². The Hall–Kier alpha value is -2.78. The summed E-state index contributed by atoms with van der Waals surface area (Å²) in [7, 11) is -1.71. The molecule has 0 aromatic heterocycles. The molecule has 0 aliphatic heterocycles. The van der Waals surface area contributed by atoms with Crippen LogP contribution in [-0.4, -0.2) is 53.5 Å². The van der Waals surface area contributed by atoms with Crippen molar-refractivity contribution in [2.75, 3.05) is 0 Å². The van der Waals surface area contributed by atoms with E-state index in [0.29, 0.717) is 6.42 Å². The Morgan fingerprint density at radius 2 is 1.86 bits per heavy atom. The van der Waals surface area contributed by atoms with Gasteiger partial charge in [0.1, 0.15) is 6.04 Å². The molecular weight excluding hydrogens is 371 g/mol. The number of hydrogen-bond acceptors (Lipinski definition) is 5. The van der Waals surface area contributed by atoms with E-state index in [0.717, 1.165) is 5.56 Å². The van der Waals surface area contributed by atoms with Gasteiger partial charge in [-0.1, -0.05) is 50.3 Å². The summed E-state index contributed by atoms with van der Waals surface area (Å²) in [5.74, 6) is -2.08. The molecule has 1 aromatic rings. The lowest BCUT2D eigenvalue weighted by Gasteiger charge is -2.24. The number of nitrogens with one attached hydrogen (secondary N) is 2. The second-order valence-corrected chi connectivity index (χ2v) is 6.97. The van der Waals surface area contributed by atoms with Crippen LogP contribution in [0.5, 0.6) is 0 Å². The van der Waals surface area contributed by atoms with Crippen LogP contribution < -0.4 is 10.6 Å². The van der Waals surface area contributed by atoms with Crippen molar-refractivity contribution in [2.24, 2.45) is 15.9 Å². The third kappa shape index (κ3) is 8.84. The summed E-state index contributed by atoms with van der Waals surface area (Å²) in [6, 6.07) is 8.21. The number of nitrogens with zero attached hydrogens (tertiary/aromatic N) is 2. The average molecular weight is 400 g/mol. The number of aliphatic imine (C=N–C) groups is 2. The van der Waals surface area contributed by atoms with Crippen LogP contribution in [-0.2, 0) is 16.0 Å². The van der Waals surface area contributed by atoms with Crippen molar-refractivity contribution < 1.29 is 19.6 Å². The van der Waals surface area contributed by atoms with E-state index in [1.54, 1.807) is 13.0 Å². The fourth-order valence-electron chi connectivity index (χ4n) is 2.64. The minimum Gasteiger partial charge on any atom is -0.426 e. The van der Waals surface area contributed by atoms with Gasteiger partial charge < -0.3 is 20.7 Å². The highest BCUT2D eigenvalue weighted by molar-refractivity contribution is 6.43. The average Bonchev–Trinajstić information content (AvgIpc) is 2.67. The molecule has 8 nitrogen and oxygen atoms in total. The SMILES string of the molecule is C=NC(=NC=CC)C(=O)NC(Cc1ccccc1)C(=O)NC(CC(C)C)B(O)O. The van der Waals surface area contributed by atoms with Gasteiger partial charge in [-0.2, -0.15) is 0 Å². The fourth-order valence-corrected chi connectivity index (χ4v) is 2.64. The topological polar surface area (TPSA) is 123 Å². The second kappa shape index (κ2) is 12.6. The Balaban J connectivity index is 3.04. The van der Waals surface area contributed by atoms with Gasteiger partial charge in [-0.25, -0.2) is 9.98 Å². The van der Waals surface area contributed by atoms with Gasteiger partial charge in [0.05, 0.1) is 5.94 Å². The van der Waals surface area contributed by atoms with Gasteiger partial charge in [0.2, 0.25) is 11.7 Å². The Labute approximate surface area is 172 Å². The Bertz CT molecular complexity index is 735. The van der Waals surface area contributed by atoms with Crippen LogP contribution in [0.4, 0.5) is 0 Å². The molecule has 156 valence electrons. The Kier molecular flexibility index (Phi) is 10.6. The molecule has 0 radical (unpaired) electrons. The molecule has 0 aliphatic carbocycles. The molecule has 0 fully saturated rings. The Morgan fingerprint density at radius 3 is 2.38 bits per heavy atom. The van der Waals surface area contributed by atoms with E-state index in [2.05, 4.69) is 27.3 Å². The molecule has 4 N–H and O–H groups in total. The summed E-state index contributed by atoms with van der Waals surface area (Å²) in [5, 5.41) is 24.4. The number of allylic oxidation sites excluding steroid dienone is 1. The number of benzene rings is 1. The number of amidine groups is 1. The molecule has 2 unspecified atom stereocenters. The first-order chi connectivity index (χ1) is 13.8. The fraction of sp³-hybridized carbons (Fsp3) is 0.400. The maximum atomic E-state index is 12.9. The zero-order chi connectivity index (χ0) is 21.8. The van der Waals surface area contributed by atoms with Crippen molar-refractivity contribution >= 4 is 31.5 Å². The number of rotatable bonds is 9. The smallest absolute Gasteiger partial charge is 0.426 e. The molecule has 9 heteroatoms.